The van der Waals surface area contributed by atoms with E-state index in [0.29, 0.717) is 12.5 Å². The summed E-state index contributed by atoms with van der Waals surface area (Å²) in [5, 5.41) is 12.8. The van der Waals surface area contributed by atoms with Crippen LogP contribution in [0.1, 0.15) is 36.1 Å². The van der Waals surface area contributed by atoms with Crippen molar-refractivity contribution in [3.63, 3.8) is 0 Å². The molecule has 78 valence electrons. The van der Waals surface area contributed by atoms with Crippen LogP contribution in [0.5, 0.6) is 0 Å². The second kappa shape index (κ2) is 4.38. The van der Waals surface area contributed by atoms with Crippen molar-refractivity contribution in [2.24, 2.45) is 11.7 Å². The fourth-order valence-corrected chi connectivity index (χ4v) is 2.61. The number of aliphatic hydroxyl groups is 1. The Hall–Kier alpha value is -0.450. The van der Waals surface area contributed by atoms with Gasteiger partial charge in [-0.2, -0.15) is 0 Å². The normalized spacial score (nSPS) is 19.3. The maximum Gasteiger partial charge on any atom is 0.122 e. The van der Waals surface area contributed by atoms with E-state index in [4.69, 9.17) is 5.73 Å². The summed E-state index contributed by atoms with van der Waals surface area (Å²) in [6, 6.07) is 0. The maximum atomic E-state index is 9.94. The van der Waals surface area contributed by atoms with Crippen molar-refractivity contribution in [1.29, 1.82) is 0 Å². The average molecular weight is 212 g/mol. The van der Waals surface area contributed by atoms with Crippen LogP contribution >= 0.6 is 11.3 Å². The molecule has 0 amide bonds. The highest BCUT2D eigenvalue weighted by molar-refractivity contribution is 7.09. The standard InChI is InChI=1S/C10H16N2OS/c11-5-4-8-6-14-10(12-8)9(13)7-2-1-3-7/h6-7,9,13H,1-5,11H2. The maximum absolute atomic E-state index is 9.94. The number of nitrogens with two attached hydrogens (primary N) is 1. The van der Waals surface area contributed by atoms with Crippen molar-refractivity contribution in [1.82, 2.24) is 4.98 Å². The van der Waals surface area contributed by atoms with Gasteiger partial charge in [-0.3, -0.25) is 0 Å². The first-order valence-electron chi connectivity index (χ1n) is 5.13. The Labute approximate surface area is 88.0 Å². The van der Waals surface area contributed by atoms with E-state index in [1.54, 1.807) is 11.3 Å². The van der Waals surface area contributed by atoms with Gasteiger partial charge in [-0.25, -0.2) is 4.98 Å². The van der Waals surface area contributed by atoms with E-state index in [1.165, 1.54) is 6.42 Å². The number of hydrogen-bond acceptors (Lipinski definition) is 4. The van der Waals surface area contributed by atoms with Gasteiger partial charge < -0.3 is 10.8 Å². The van der Waals surface area contributed by atoms with Crippen molar-refractivity contribution in [3.05, 3.63) is 16.1 Å². The molecule has 3 nitrogen and oxygen atoms in total. The monoisotopic (exact) mass is 212 g/mol. The molecule has 1 atom stereocenters. The number of aliphatic hydroxyl groups excluding tert-OH is 1. The molecule has 1 unspecified atom stereocenters. The largest absolute Gasteiger partial charge is 0.386 e. The van der Waals surface area contributed by atoms with Crippen LogP contribution in [0.25, 0.3) is 0 Å². The third-order valence-corrected chi connectivity index (χ3v) is 3.78. The number of thiazole rings is 1. The Morgan fingerprint density at radius 3 is 3.00 bits per heavy atom. The second-order valence-corrected chi connectivity index (χ2v) is 4.74. The van der Waals surface area contributed by atoms with Gasteiger partial charge in [0, 0.05) is 11.8 Å². The molecule has 14 heavy (non-hydrogen) atoms. The zero-order chi connectivity index (χ0) is 9.97. The van der Waals surface area contributed by atoms with Crippen LogP contribution in [-0.4, -0.2) is 16.6 Å². The second-order valence-electron chi connectivity index (χ2n) is 3.85. The molecule has 0 saturated heterocycles. The molecular weight excluding hydrogens is 196 g/mol. The van der Waals surface area contributed by atoms with E-state index in [1.807, 2.05) is 5.38 Å². The minimum absolute atomic E-state index is 0.333. The summed E-state index contributed by atoms with van der Waals surface area (Å²) >= 11 is 1.56. The summed E-state index contributed by atoms with van der Waals surface area (Å²) < 4.78 is 0. The molecule has 1 aromatic rings. The summed E-state index contributed by atoms with van der Waals surface area (Å²) in [6.45, 7) is 0.628. The zero-order valence-electron chi connectivity index (χ0n) is 8.15. The van der Waals surface area contributed by atoms with Gasteiger partial charge in [0.1, 0.15) is 11.1 Å². The average Bonchev–Trinajstić information content (AvgIpc) is 2.50. The predicted octanol–water partition coefficient (Wildman–Crippen LogP) is 1.48. The van der Waals surface area contributed by atoms with Gasteiger partial charge >= 0.3 is 0 Å². The Morgan fingerprint density at radius 1 is 1.64 bits per heavy atom. The molecule has 1 aliphatic carbocycles. The Bertz CT molecular complexity index is 296. The lowest BCUT2D eigenvalue weighted by Gasteiger charge is -2.28. The molecule has 0 bridgehead atoms. The van der Waals surface area contributed by atoms with E-state index in [9.17, 15) is 5.11 Å². The summed E-state index contributed by atoms with van der Waals surface area (Å²) in [5.41, 5.74) is 6.46. The third-order valence-electron chi connectivity index (χ3n) is 2.82. The van der Waals surface area contributed by atoms with Crippen LogP contribution < -0.4 is 5.73 Å². The molecule has 0 spiro atoms. The predicted molar refractivity (Wildman–Crippen MR) is 57.2 cm³/mol. The number of aromatic nitrogens is 1. The van der Waals surface area contributed by atoms with Crippen LogP contribution in [-0.2, 0) is 6.42 Å². The van der Waals surface area contributed by atoms with E-state index >= 15 is 0 Å². The van der Waals surface area contributed by atoms with Gasteiger partial charge in [0.05, 0.1) is 5.69 Å². The molecule has 0 radical (unpaired) electrons. The first-order chi connectivity index (χ1) is 6.81. The first kappa shape index (κ1) is 10.1. The molecular formula is C10H16N2OS. The van der Waals surface area contributed by atoms with E-state index in [-0.39, 0.29) is 6.10 Å². The van der Waals surface area contributed by atoms with Crippen molar-refractivity contribution in [2.45, 2.75) is 31.8 Å². The lowest BCUT2D eigenvalue weighted by molar-refractivity contribution is 0.0618. The molecule has 1 heterocycles. The zero-order valence-corrected chi connectivity index (χ0v) is 8.96. The molecule has 0 aliphatic heterocycles. The van der Waals surface area contributed by atoms with Crippen LogP contribution in [0.15, 0.2) is 5.38 Å². The SMILES string of the molecule is NCCc1csc(C(O)C2CCC2)n1. The Kier molecular flexibility index (Phi) is 3.15. The van der Waals surface area contributed by atoms with Crippen LogP contribution in [0.2, 0.25) is 0 Å². The number of rotatable bonds is 4. The molecule has 2 rings (SSSR count). The highest BCUT2D eigenvalue weighted by atomic mass is 32.1. The highest BCUT2D eigenvalue weighted by Gasteiger charge is 2.28. The molecule has 1 aliphatic rings. The minimum Gasteiger partial charge on any atom is -0.386 e. The van der Waals surface area contributed by atoms with Crippen LogP contribution in [0.4, 0.5) is 0 Å². The van der Waals surface area contributed by atoms with Gasteiger partial charge in [-0.15, -0.1) is 11.3 Å². The lowest BCUT2D eigenvalue weighted by Crippen LogP contribution is -2.19. The third kappa shape index (κ3) is 1.97. The van der Waals surface area contributed by atoms with Crippen LogP contribution in [0, 0.1) is 5.92 Å². The number of hydrogen-bond donors (Lipinski definition) is 2. The number of nitrogens with zero attached hydrogens (tertiary/aromatic N) is 1. The van der Waals surface area contributed by atoms with Gasteiger partial charge in [-0.1, -0.05) is 6.42 Å². The van der Waals surface area contributed by atoms with Crippen molar-refractivity contribution < 1.29 is 5.11 Å². The van der Waals surface area contributed by atoms with Crippen LogP contribution in [0.3, 0.4) is 0 Å². The molecule has 1 saturated carbocycles. The molecule has 3 N–H and O–H groups in total. The van der Waals surface area contributed by atoms with Crippen molar-refractivity contribution in [3.8, 4) is 0 Å². The minimum atomic E-state index is -0.333. The van der Waals surface area contributed by atoms with E-state index < -0.39 is 0 Å². The Balaban J connectivity index is 2.00. The van der Waals surface area contributed by atoms with E-state index in [0.717, 1.165) is 30.0 Å². The fraction of sp³-hybridized carbons (Fsp3) is 0.700. The molecule has 4 heteroatoms. The summed E-state index contributed by atoms with van der Waals surface area (Å²) in [6.07, 6.45) is 4.02. The smallest absolute Gasteiger partial charge is 0.122 e. The van der Waals surface area contributed by atoms with Gasteiger partial charge in [-0.05, 0) is 25.3 Å². The Morgan fingerprint density at radius 2 is 2.43 bits per heavy atom. The summed E-state index contributed by atoms with van der Waals surface area (Å²) in [5.74, 6) is 0.451. The first-order valence-corrected chi connectivity index (χ1v) is 6.01. The fourth-order valence-electron chi connectivity index (χ4n) is 1.68. The summed E-state index contributed by atoms with van der Waals surface area (Å²) in [4.78, 5) is 4.39. The van der Waals surface area contributed by atoms with Crippen molar-refractivity contribution >= 4 is 11.3 Å². The topological polar surface area (TPSA) is 59.1 Å². The quantitative estimate of drug-likeness (QED) is 0.794. The van der Waals surface area contributed by atoms with Gasteiger partial charge in [0.2, 0.25) is 0 Å². The molecule has 1 aromatic heterocycles. The molecule has 1 fully saturated rings. The van der Waals surface area contributed by atoms with Gasteiger partial charge in [0.25, 0.3) is 0 Å². The lowest BCUT2D eigenvalue weighted by atomic mass is 9.81. The highest BCUT2D eigenvalue weighted by Crippen LogP contribution is 2.38. The molecule has 0 aromatic carbocycles. The van der Waals surface area contributed by atoms with Crippen molar-refractivity contribution in [2.75, 3.05) is 6.54 Å². The van der Waals surface area contributed by atoms with E-state index in [2.05, 4.69) is 4.98 Å². The summed E-state index contributed by atoms with van der Waals surface area (Å²) in [7, 11) is 0. The van der Waals surface area contributed by atoms with Gasteiger partial charge in [0.15, 0.2) is 0 Å².